The average Bonchev–Trinajstić information content (AvgIpc) is 3.14. The van der Waals surface area contributed by atoms with E-state index < -0.39 is 0 Å². The molecule has 3 rings (SSSR count). The molecule has 0 aliphatic rings. The first-order valence-corrected chi connectivity index (χ1v) is 9.21. The van der Waals surface area contributed by atoms with E-state index >= 15 is 0 Å². The molecule has 0 unspecified atom stereocenters. The summed E-state index contributed by atoms with van der Waals surface area (Å²) in [5.41, 5.74) is 4.62. The molecular weight excluding hydrogens is 352 g/mol. The van der Waals surface area contributed by atoms with Gasteiger partial charge in [-0.2, -0.15) is 5.10 Å². The van der Waals surface area contributed by atoms with Gasteiger partial charge in [0, 0.05) is 57.7 Å². The molecule has 0 spiro atoms. The van der Waals surface area contributed by atoms with Crippen LogP contribution in [-0.2, 0) is 20.1 Å². The zero-order valence-electron chi connectivity index (χ0n) is 17.2. The number of methoxy groups -OCH3 is 2. The van der Waals surface area contributed by atoms with Gasteiger partial charge in [0.1, 0.15) is 11.5 Å². The zero-order chi connectivity index (χ0) is 20.1. The molecule has 148 valence electrons. The summed E-state index contributed by atoms with van der Waals surface area (Å²) in [5.74, 6) is 1.60. The number of anilines is 2. The summed E-state index contributed by atoms with van der Waals surface area (Å²) in [6.07, 6.45) is 3.93. The number of para-hydroxylation sites is 1. The number of aryl methyl sites for hydroxylation is 1. The van der Waals surface area contributed by atoms with Crippen LogP contribution >= 0.6 is 0 Å². The minimum Gasteiger partial charge on any atom is -0.497 e. The van der Waals surface area contributed by atoms with E-state index in [1.165, 1.54) is 11.3 Å². The SMILES string of the molecule is COc1ccc(CN(Cc2ccccc2N(C)C)c2cnn(C)c2)c(OC)c1. The van der Waals surface area contributed by atoms with E-state index in [1.807, 2.05) is 36.3 Å². The molecule has 6 heteroatoms. The second-order valence-electron chi connectivity index (χ2n) is 6.93. The van der Waals surface area contributed by atoms with Gasteiger partial charge in [-0.05, 0) is 23.8 Å². The van der Waals surface area contributed by atoms with Gasteiger partial charge in [-0.3, -0.25) is 4.68 Å². The molecule has 0 saturated carbocycles. The van der Waals surface area contributed by atoms with E-state index in [-0.39, 0.29) is 0 Å². The van der Waals surface area contributed by atoms with Gasteiger partial charge in [-0.25, -0.2) is 0 Å². The number of benzene rings is 2. The molecule has 6 nitrogen and oxygen atoms in total. The number of rotatable bonds is 8. The summed E-state index contributed by atoms with van der Waals surface area (Å²) in [4.78, 5) is 4.45. The van der Waals surface area contributed by atoms with Crippen molar-refractivity contribution in [1.29, 1.82) is 0 Å². The Kier molecular flexibility index (Phi) is 6.09. The van der Waals surface area contributed by atoms with Crippen molar-refractivity contribution in [1.82, 2.24) is 9.78 Å². The van der Waals surface area contributed by atoms with Gasteiger partial charge in [0.2, 0.25) is 0 Å². The molecule has 0 amide bonds. The lowest BCUT2D eigenvalue weighted by atomic mass is 10.1. The maximum atomic E-state index is 5.61. The monoisotopic (exact) mass is 380 g/mol. The van der Waals surface area contributed by atoms with Crippen molar-refractivity contribution < 1.29 is 9.47 Å². The number of ether oxygens (including phenoxy) is 2. The number of hydrogen-bond donors (Lipinski definition) is 0. The topological polar surface area (TPSA) is 42.8 Å². The lowest BCUT2D eigenvalue weighted by Crippen LogP contribution is -2.23. The number of aromatic nitrogens is 2. The van der Waals surface area contributed by atoms with Crippen molar-refractivity contribution in [3.63, 3.8) is 0 Å². The van der Waals surface area contributed by atoms with Gasteiger partial charge in [0.25, 0.3) is 0 Å². The predicted octanol–water partition coefficient (Wildman–Crippen LogP) is 3.71. The van der Waals surface area contributed by atoms with E-state index in [9.17, 15) is 0 Å². The van der Waals surface area contributed by atoms with Gasteiger partial charge in [0.05, 0.1) is 26.1 Å². The first-order valence-electron chi connectivity index (χ1n) is 9.21. The molecular formula is C22H28N4O2. The highest BCUT2D eigenvalue weighted by Crippen LogP contribution is 2.29. The Hall–Kier alpha value is -3.15. The Morgan fingerprint density at radius 2 is 1.71 bits per heavy atom. The fourth-order valence-corrected chi connectivity index (χ4v) is 3.28. The average molecular weight is 380 g/mol. The summed E-state index contributed by atoms with van der Waals surface area (Å²) in [5, 5.41) is 4.36. The van der Waals surface area contributed by atoms with Crippen LogP contribution in [0.5, 0.6) is 11.5 Å². The molecule has 0 aliphatic heterocycles. The highest BCUT2D eigenvalue weighted by atomic mass is 16.5. The quantitative estimate of drug-likeness (QED) is 0.596. The molecule has 0 bridgehead atoms. The van der Waals surface area contributed by atoms with Crippen LogP contribution in [0.1, 0.15) is 11.1 Å². The van der Waals surface area contributed by atoms with Crippen LogP contribution in [0.25, 0.3) is 0 Å². The Morgan fingerprint density at radius 3 is 2.36 bits per heavy atom. The molecule has 0 atom stereocenters. The molecule has 0 aliphatic carbocycles. The minimum atomic E-state index is 0.695. The lowest BCUT2D eigenvalue weighted by Gasteiger charge is -2.27. The van der Waals surface area contributed by atoms with Crippen molar-refractivity contribution in [3.05, 3.63) is 66.0 Å². The van der Waals surface area contributed by atoms with Crippen LogP contribution in [0.2, 0.25) is 0 Å². The Balaban J connectivity index is 1.95. The molecule has 1 heterocycles. The predicted molar refractivity (Wildman–Crippen MR) is 113 cm³/mol. The van der Waals surface area contributed by atoms with E-state index in [0.29, 0.717) is 6.54 Å². The van der Waals surface area contributed by atoms with E-state index in [1.54, 1.807) is 14.2 Å². The molecule has 28 heavy (non-hydrogen) atoms. The van der Waals surface area contributed by atoms with Crippen LogP contribution in [0.4, 0.5) is 11.4 Å². The molecule has 1 aromatic heterocycles. The number of hydrogen-bond acceptors (Lipinski definition) is 5. The molecule has 0 radical (unpaired) electrons. The smallest absolute Gasteiger partial charge is 0.127 e. The second kappa shape index (κ2) is 8.69. The maximum Gasteiger partial charge on any atom is 0.127 e. The van der Waals surface area contributed by atoms with Crippen molar-refractivity contribution in [2.24, 2.45) is 7.05 Å². The van der Waals surface area contributed by atoms with Crippen LogP contribution in [0, 0.1) is 0 Å². The van der Waals surface area contributed by atoms with Crippen LogP contribution in [0.3, 0.4) is 0 Å². The lowest BCUT2D eigenvalue weighted by molar-refractivity contribution is 0.390. The van der Waals surface area contributed by atoms with Crippen molar-refractivity contribution in [2.75, 3.05) is 38.1 Å². The molecule has 2 aromatic carbocycles. The van der Waals surface area contributed by atoms with E-state index in [2.05, 4.69) is 59.3 Å². The van der Waals surface area contributed by atoms with Crippen molar-refractivity contribution in [3.8, 4) is 11.5 Å². The first-order chi connectivity index (χ1) is 13.5. The zero-order valence-corrected chi connectivity index (χ0v) is 17.2. The summed E-state index contributed by atoms with van der Waals surface area (Å²) in [7, 11) is 9.42. The maximum absolute atomic E-state index is 5.61. The van der Waals surface area contributed by atoms with Crippen LogP contribution in [0.15, 0.2) is 54.9 Å². The van der Waals surface area contributed by atoms with Gasteiger partial charge in [-0.15, -0.1) is 0 Å². The molecule has 3 aromatic rings. The summed E-state index contributed by atoms with van der Waals surface area (Å²) in [6.45, 7) is 1.45. The van der Waals surface area contributed by atoms with Gasteiger partial charge in [0.15, 0.2) is 0 Å². The summed E-state index contributed by atoms with van der Waals surface area (Å²) >= 11 is 0. The standard InChI is InChI=1S/C22H28N4O2/c1-24(2)21-9-7-6-8-17(21)14-26(19-13-23-25(3)16-19)15-18-10-11-20(27-4)12-22(18)28-5/h6-13,16H,14-15H2,1-5H3. The number of nitrogens with zero attached hydrogens (tertiary/aromatic N) is 4. The minimum absolute atomic E-state index is 0.695. The van der Waals surface area contributed by atoms with Crippen molar-refractivity contribution >= 4 is 11.4 Å². The third-order valence-corrected chi connectivity index (χ3v) is 4.75. The van der Waals surface area contributed by atoms with Crippen molar-refractivity contribution in [2.45, 2.75) is 13.1 Å². The highest BCUT2D eigenvalue weighted by molar-refractivity contribution is 5.55. The van der Waals surface area contributed by atoms with Gasteiger partial charge >= 0.3 is 0 Å². The molecule has 0 fully saturated rings. The van der Waals surface area contributed by atoms with Gasteiger partial charge < -0.3 is 19.3 Å². The molecule has 0 saturated heterocycles. The fraction of sp³-hybridized carbons (Fsp3) is 0.318. The Labute approximate surface area is 166 Å². The molecule has 0 N–H and O–H groups in total. The first kappa shape index (κ1) is 19.6. The Morgan fingerprint density at radius 1 is 0.964 bits per heavy atom. The third-order valence-electron chi connectivity index (χ3n) is 4.75. The summed E-state index contributed by atoms with van der Waals surface area (Å²) < 4.78 is 12.8. The largest absolute Gasteiger partial charge is 0.497 e. The third kappa shape index (κ3) is 4.39. The second-order valence-corrected chi connectivity index (χ2v) is 6.93. The van der Waals surface area contributed by atoms with Gasteiger partial charge in [-0.1, -0.05) is 18.2 Å². The highest BCUT2D eigenvalue weighted by Gasteiger charge is 2.16. The van der Waals surface area contributed by atoms with Crippen LogP contribution in [-0.4, -0.2) is 38.1 Å². The fourth-order valence-electron chi connectivity index (χ4n) is 3.28. The van der Waals surface area contributed by atoms with E-state index in [0.717, 1.165) is 29.3 Å². The Bertz CT molecular complexity index is 920. The summed E-state index contributed by atoms with van der Waals surface area (Å²) in [6, 6.07) is 14.4. The normalized spacial score (nSPS) is 10.6. The van der Waals surface area contributed by atoms with E-state index in [4.69, 9.17) is 9.47 Å². The van der Waals surface area contributed by atoms with Crippen LogP contribution < -0.4 is 19.3 Å².